The molecule has 33 heavy (non-hydrogen) atoms. The summed E-state index contributed by atoms with van der Waals surface area (Å²) in [6.45, 7) is 9.87. The van der Waals surface area contributed by atoms with Crippen molar-refractivity contribution in [2.45, 2.75) is 33.9 Å². The Morgan fingerprint density at radius 1 is 1.00 bits per heavy atom. The molecule has 0 atom stereocenters. The van der Waals surface area contributed by atoms with E-state index in [1.54, 1.807) is 7.11 Å². The Kier molecular flexibility index (Phi) is 6.99. The van der Waals surface area contributed by atoms with E-state index >= 15 is 0 Å². The van der Waals surface area contributed by atoms with Crippen molar-refractivity contribution < 1.29 is 18.8 Å². The van der Waals surface area contributed by atoms with Gasteiger partial charge in [-0.3, -0.25) is 9.69 Å². The molecule has 4 rings (SSSR count). The maximum absolute atomic E-state index is 13.2. The molecule has 1 aromatic heterocycles. The molecule has 1 saturated heterocycles. The largest absolute Gasteiger partial charge is 0.497 e. The van der Waals surface area contributed by atoms with E-state index in [1.165, 1.54) is 5.56 Å². The van der Waals surface area contributed by atoms with Gasteiger partial charge in [0.15, 0.2) is 5.69 Å². The third kappa shape index (κ3) is 5.20. The highest BCUT2D eigenvalue weighted by Crippen LogP contribution is 2.25. The number of carbonyl (C=O) groups excluding carboxylic acids is 1. The molecule has 0 spiro atoms. The van der Waals surface area contributed by atoms with Crippen LogP contribution < -0.4 is 9.47 Å². The number of nitrogens with zero attached hydrogens (tertiary/aromatic N) is 3. The van der Waals surface area contributed by atoms with Crippen LogP contribution in [0, 0.1) is 20.8 Å². The van der Waals surface area contributed by atoms with Crippen LogP contribution in [0.15, 0.2) is 47.0 Å². The normalized spacial score (nSPS) is 14.4. The van der Waals surface area contributed by atoms with Gasteiger partial charge in [0.05, 0.1) is 12.7 Å². The number of methoxy groups -OCH3 is 1. The van der Waals surface area contributed by atoms with Gasteiger partial charge >= 0.3 is 0 Å². The lowest BCUT2D eigenvalue weighted by atomic mass is 10.1. The molecule has 1 fully saturated rings. The number of ether oxygens (including phenoxy) is 2. The van der Waals surface area contributed by atoms with Crippen LogP contribution in [0.1, 0.15) is 38.5 Å². The second kappa shape index (κ2) is 10.1. The fourth-order valence-electron chi connectivity index (χ4n) is 4.15. The monoisotopic (exact) mass is 449 g/mol. The summed E-state index contributed by atoms with van der Waals surface area (Å²) in [5.41, 5.74) is 4.41. The van der Waals surface area contributed by atoms with Crippen molar-refractivity contribution in [3.05, 3.63) is 76.2 Å². The van der Waals surface area contributed by atoms with Crippen molar-refractivity contribution in [3.8, 4) is 11.5 Å². The summed E-state index contributed by atoms with van der Waals surface area (Å²) in [6, 6.07) is 14.1. The molecule has 1 amide bonds. The molecule has 174 valence electrons. The molecule has 7 heteroatoms. The molecule has 2 heterocycles. The van der Waals surface area contributed by atoms with E-state index in [0.717, 1.165) is 42.3 Å². The maximum atomic E-state index is 13.2. The van der Waals surface area contributed by atoms with Gasteiger partial charge in [-0.05, 0) is 49.6 Å². The first-order chi connectivity index (χ1) is 16.0. The molecule has 1 aliphatic heterocycles. The number of benzene rings is 2. The quantitative estimate of drug-likeness (QED) is 0.540. The lowest BCUT2D eigenvalue weighted by Gasteiger charge is -2.34. The minimum absolute atomic E-state index is 0.101. The molecule has 0 aliphatic carbocycles. The lowest BCUT2D eigenvalue weighted by molar-refractivity contribution is 0.0616. The van der Waals surface area contributed by atoms with E-state index in [4.69, 9.17) is 14.0 Å². The SMILES string of the molecule is COc1ccc(CN2CCN(C(=O)c3noc(C)c3COc3c(C)cccc3C)CC2)cc1. The molecular weight excluding hydrogens is 418 g/mol. The zero-order valence-electron chi connectivity index (χ0n) is 19.8. The Bertz CT molecular complexity index is 1080. The number of hydrogen-bond acceptors (Lipinski definition) is 6. The van der Waals surface area contributed by atoms with Crippen molar-refractivity contribution in [2.75, 3.05) is 33.3 Å². The van der Waals surface area contributed by atoms with E-state index < -0.39 is 0 Å². The number of aryl methyl sites for hydroxylation is 3. The summed E-state index contributed by atoms with van der Waals surface area (Å²) in [7, 11) is 1.67. The van der Waals surface area contributed by atoms with Crippen LogP contribution >= 0.6 is 0 Å². The molecule has 0 saturated carbocycles. The predicted octanol–water partition coefficient (Wildman–Crippen LogP) is 4.15. The first-order valence-electron chi connectivity index (χ1n) is 11.2. The topological polar surface area (TPSA) is 68.0 Å². The number of para-hydroxylation sites is 1. The van der Waals surface area contributed by atoms with Gasteiger partial charge in [0.2, 0.25) is 0 Å². The highest BCUT2D eigenvalue weighted by molar-refractivity contribution is 5.93. The third-order valence-electron chi connectivity index (χ3n) is 6.18. The molecule has 7 nitrogen and oxygen atoms in total. The smallest absolute Gasteiger partial charge is 0.276 e. The van der Waals surface area contributed by atoms with Crippen LogP contribution in [-0.2, 0) is 13.2 Å². The van der Waals surface area contributed by atoms with Gasteiger partial charge in [-0.15, -0.1) is 0 Å². The third-order valence-corrected chi connectivity index (χ3v) is 6.18. The Labute approximate surface area is 194 Å². The molecule has 0 N–H and O–H groups in total. The van der Waals surface area contributed by atoms with Gasteiger partial charge in [-0.1, -0.05) is 35.5 Å². The predicted molar refractivity (Wildman–Crippen MR) is 126 cm³/mol. The Morgan fingerprint density at radius 2 is 1.67 bits per heavy atom. The van der Waals surface area contributed by atoms with Gasteiger partial charge in [0, 0.05) is 32.7 Å². The fourth-order valence-corrected chi connectivity index (χ4v) is 4.15. The number of rotatable bonds is 7. The zero-order valence-corrected chi connectivity index (χ0v) is 19.8. The molecule has 0 unspecified atom stereocenters. The standard InChI is InChI=1S/C26H31N3O4/c1-18-6-5-7-19(2)25(18)32-17-23-20(3)33-27-24(23)26(30)29-14-12-28(13-15-29)16-21-8-10-22(31-4)11-9-21/h5-11H,12-17H2,1-4H3. The summed E-state index contributed by atoms with van der Waals surface area (Å²) < 4.78 is 16.7. The number of carbonyl (C=O) groups is 1. The van der Waals surface area contributed by atoms with Gasteiger partial charge in [0.1, 0.15) is 23.9 Å². The van der Waals surface area contributed by atoms with Crippen LogP contribution in [0.25, 0.3) is 0 Å². The first kappa shape index (κ1) is 22.9. The second-order valence-corrected chi connectivity index (χ2v) is 8.49. The zero-order chi connectivity index (χ0) is 23.4. The number of hydrogen-bond donors (Lipinski definition) is 0. The summed E-state index contributed by atoms with van der Waals surface area (Å²) in [6.07, 6.45) is 0. The van der Waals surface area contributed by atoms with Gasteiger partial charge in [-0.2, -0.15) is 0 Å². The summed E-state index contributed by atoms with van der Waals surface area (Å²) in [5.74, 6) is 2.21. The fraction of sp³-hybridized carbons (Fsp3) is 0.385. The highest BCUT2D eigenvalue weighted by Gasteiger charge is 2.28. The van der Waals surface area contributed by atoms with E-state index in [2.05, 4.69) is 22.2 Å². The van der Waals surface area contributed by atoms with Gasteiger partial charge in [0.25, 0.3) is 5.91 Å². The van der Waals surface area contributed by atoms with Crippen LogP contribution in [-0.4, -0.2) is 54.2 Å². The Morgan fingerprint density at radius 3 is 2.30 bits per heavy atom. The lowest BCUT2D eigenvalue weighted by Crippen LogP contribution is -2.48. The van der Waals surface area contributed by atoms with E-state index in [0.29, 0.717) is 30.1 Å². The van der Waals surface area contributed by atoms with Crippen molar-refractivity contribution >= 4 is 5.91 Å². The minimum atomic E-state index is -0.101. The summed E-state index contributed by atoms with van der Waals surface area (Å²) in [4.78, 5) is 17.4. The van der Waals surface area contributed by atoms with Gasteiger partial charge in [-0.25, -0.2) is 0 Å². The average molecular weight is 450 g/mol. The van der Waals surface area contributed by atoms with Crippen LogP contribution in [0.2, 0.25) is 0 Å². The second-order valence-electron chi connectivity index (χ2n) is 8.49. The van der Waals surface area contributed by atoms with Gasteiger partial charge < -0.3 is 18.9 Å². The average Bonchev–Trinajstić information content (AvgIpc) is 3.19. The molecule has 3 aromatic rings. The highest BCUT2D eigenvalue weighted by atomic mass is 16.5. The number of amides is 1. The molecule has 0 radical (unpaired) electrons. The Balaban J connectivity index is 1.37. The van der Waals surface area contributed by atoms with E-state index in [1.807, 2.05) is 56.0 Å². The molecule has 2 aromatic carbocycles. The van der Waals surface area contributed by atoms with Crippen LogP contribution in [0.3, 0.4) is 0 Å². The number of aromatic nitrogens is 1. The van der Waals surface area contributed by atoms with Crippen LogP contribution in [0.4, 0.5) is 0 Å². The summed E-state index contributed by atoms with van der Waals surface area (Å²) in [5, 5.41) is 4.08. The molecular formula is C26H31N3O4. The van der Waals surface area contributed by atoms with Crippen molar-refractivity contribution in [2.24, 2.45) is 0 Å². The minimum Gasteiger partial charge on any atom is -0.497 e. The van der Waals surface area contributed by atoms with Crippen molar-refractivity contribution in [3.63, 3.8) is 0 Å². The number of piperazine rings is 1. The summed E-state index contributed by atoms with van der Waals surface area (Å²) >= 11 is 0. The molecule has 0 bridgehead atoms. The van der Waals surface area contributed by atoms with E-state index in [-0.39, 0.29) is 12.5 Å². The molecule has 1 aliphatic rings. The Hall–Kier alpha value is -3.32. The maximum Gasteiger partial charge on any atom is 0.276 e. The first-order valence-corrected chi connectivity index (χ1v) is 11.2. The van der Waals surface area contributed by atoms with Crippen LogP contribution in [0.5, 0.6) is 11.5 Å². The van der Waals surface area contributed by atoms with Crippen molar-refractivity contribution in [1.82, 2.24) is 15.0 Å². The van der Waals surface area contributed by atoms with E-state index in [9.17, 15) is 4.79 Å². The van der Waals surface area contributed by atoms with Crippen molar-refractivity contribution in [1.29, 1.82) is 0 Å².